The Morgan fingerprint density at radius 2 is 2.00 bits per heavy atom. The molecule has 4 heteroatoms. The summed E-state index contributed by atoms with van der Waals surface area (Å²) in [6.45, 7) is 2.51. The highest BCUT2D eigenvalue weighted by atomic mass is 32.1. The second-order valence-corrected chi connectivity index (χ2v) is 6.72. The van der Waals surface area contributed by atoms with Crippen LogP contribution in [0, 0.1) is 0 Å². The van der Waals surface area contributed by atoms with E-state index in [1.807, 2.05) is 6.20 Å². The Labute approximate surface area is 113 Å². The fourth-order valence-electron chi connectivity index (χ4n) is 3.80. The minimum Gasteiger partial charge on any atom is -0.326 e. The van der Waals surface area contributed by atoms with Crippen LogP contribution in [0.4, 0.5) is 0 Å². The van der Waals surface area contributed by atoms with Crippen molar-refractivity contribution in [3.8, 4) is 0 Å². The van der Waals surface area contributed by atoms with E-state index in [4.69, 9.17) is 5.73 Å². The Balaban J connectivity index is 1.76. The van der Waals surface area contributed by atoms with Crippen LogP contribution >= 0.6 is 11.3 Å². The lowest BCUT2D eigenvalue weighted by molar-refractivity contribution is 0.0921. The second-order valence-electron chi connectivity index (χ2n) is 5.74. The molecule has 1 aromatic heterocycles. The molecule has 1 aliphatic carbocycles. The van der Waals surface area contributed by atoms with E-state index >= 15 is 0 Å². The fourth-order valence-corrected chi connectivity index (χ4v) is 4.48. The van der Waals surface area contributed by atoms with Crippen LogP contribution in [0.3, 0.4) is 0 Å². The third kappa shape index (κ3) is 2.22. The average Bonchev–Trinajstić information content (AvgIpc) is 3.12. The summed E-state index contributed by atoms with van der Waals surface area (Å²) in [4.78, 5) is 7.10. The predicted molar refractivity (Wildman–Crippen MR) is 75.8 cm³/mol. The highest BCUT2D eigenvalue weighted by Gasteiger charge is 2.45. The van der Waals surface area contributed by atoms with E-state index in [0.717, 1.165) is 6.42 Å². The quantitative estimate of drug-likeness (QED) is 0.909. The summed E-state index contributed by atoms with van der Waals surface area (Å²) in [7, 11) is 0. The van der Waals surface area contributed by atoms with E-state index in [-0.39, 0.29) is 11.6 Å². The average molecular weight is 265 g/mol. The number of aromatic nitrogens is 1. The first-order chi connectivity index (χ1) is 8.81. The van der Waals surface area contributed by atoms with Crippen molar-refractivity contribution in [3.63, 3.8) is 0 Å². The summed E-state index contributed by atoms with van der Waals surface area (Å²) in [6.07, 6.45) is 10.8. The van der Waals surface area contributed by atoms with Gasteiger partial charge < -0.3 is 5.73 Å². The van der Waals surface area contributed by atoms with Gasteiger partial charge >= 0.3 is 0 Å². The van der Waals surface area contributed by atoms with Gasteiger partial charge in [0.25, 0.3) is 0 Å². The van der Waals surface area contributed by atoms with Crippen LogP contribution in [-0.2, 0) is 6.42 Å². The normalized spacial score (nSPS) is 25.6. The molecule has 2 N–H and O–H groups in total. The smallest absolute Gasteiger partial charge is 0.0940 e. The van der Waals surface area contributed by atoms with E-state index < -0.39 is 0 Å². The zero-order chi connectivity index (χ0) is 12.4. The van der Waals surface area contributed by atoms with Gasteiger partial charge in [-0.3, -0.25) is 4.90 Å². The zero-order valence-electron chi connectivity index (χ0n) is 11.0. The summed E-state index contributed by atoms with van der Waals surface area (Å²) >= 11 is 1.74. The monoisotopic (exact) mass is 265 g/mol. The molecule has 100 valence electrons. The van der Waals surface area contributed by atoms with Crippen molar-refractivity contribution in [1.82, 2.24) is 9.88 Å². The molecule has 1 aliphatic heterocycles. The summed E-state index contributed by atoms with van der Waals surface area (Å²) in [6, 6.07) is 0.254. The van der Waals surface area contributed by atoms with Crippen LogP contribution in [0.15, 0.2) is 11.6 Å². The molecule has 2 heterocycles. The van der Waals surface area contributed by atoms with Crippen LogP contribution in [0.5, 0.6) is 0 Å². The largest absolute Gasteiger partial charge is 0.326 e. The Morgan fingerprint density at radius 3 is 2.61 bits per heavy atom. The van der Waals surface area contributed by atoms with Crippen molar-refractivity contribution in [2.45, 2.75) is 56.5 Å². The molecule has 0 spiro atoms. The molecule has 18 heavy (non-hydrogen) atoms. The molecule has 0 bridgehead atoms. The Hall–Kier alpha value is -0.450. The molecule has 0 aromatic carbocycles. The van der Waals surface area contributed by atoms with Gasteiger partial charge in [0.1, 0.15) is 0 Å². The maximum absolute atomic E-state index is 6.61. The molecule has 1 unspecified atom stereocenters. The number of likely N-dealkylation sites (tertiary alicyclic amines) is 1. The van der Waals surface area contributed by atoms with Crippen molar-refractivity contribution >= 4 is 11.3 Å². The molecule has 1 aromatic rings. The van der Waals surface area contributed by atoms with Crippen LogP contribution in [0.25, 0.3) is 0 Å². The molecule has 0 amide bonds. The standard InChI is InChI=1S/C14H23N3S/c15-12(11-13-16-7-10-18-13)14(5-1-2-6-14)17-8-3-4-9-17/h7,10,12H,1-6,8-9,11,15H2. The van der Waals surface area contributed by atoms with Crippen molar-refractivity contribution < 1.29 is 0 Å². The van der Waals surface area contributed by atoms with E-state index in [2.05, 4.69) is 15.3 Å². The molecule has 2 fully saturated rings. The topological polar surface area (TPSA) is 42.1 Å². The minimum atomic E-state index is 0.254. The first-order valence-corrected chi connectivity index (χ1v) is 8.08. The zero-order valence-corrected chi connectivity index (χ0v) is 11.8. The molecule has 1 atom stereocenters. The molecular formula is C14H23N3S. The highest BCUT2D eigenvalue weighted by molar-refractivity contribution is 7.09. The molecule has 0 radical (unpaired) electrons. The number of hydrogen-bond acceptors (Lipinski definition) is 4. The van der Waals surface area contributed by atoms with E-state index in [1.54, 1.807) is 11.3 Å². The SMILES string of the molecule is NC(Cc1nccs1)C1(N2CCCC2)CCCC1. The van der Waals surface area contributed by atoms with Crippen molar-refractivity contribution in [2.75, 3.05) is 13.1 Å². The Morgan fingerprint density at radius 1 is 1.28 bits per heavy atom. The molecule has 3 rings (SSSR count). The third-order valence-corrected chi connectivity index (χ3v) is 5.58. The lowest BCUT2D eigenvalue weighted by Gasteiger charge is -2.43. The third-order valence-electron chi connectivity index (χ3n) is 4.77. The fraction of sp³-hybridized carbons (Fsp3) is 0.786. The summed E-state index contributed by atoms with van der Waals surface area (Å²) in [5.41, 5.74) is 6.89. The van der Waals surface area contributed by atoms with Gasteiger partial charge in [0.2, 0.25) is 0 Å². The van der Waals surface area contributed by atoms with E-state index in [0.29, 0.717) is 0 Å². The molecule has 3 nitrogen and oxygen atoms in total. The van der Waals surface area contributed by atoms with Gasteiger partial charge in [0, 0.05) is 29.6 Å². The number of nitrogens with two attached hydrogens (primary N) is 1. The van der Waals surface area contributed by atoms with Crippen LogP contribution in [-0.4, -0.2) is 34.6 Å². The Kier molecular flexibility index (Phi) is 3.68. The van der Waals surface area contributed by atoms with E-state index in [9.17, 15) is 0 Å². The lowest BCUT2D eigenvalue weighted by Crippen LogP contribution is -2.58. The molecule has 1 saturated heterocycles. The van der Waals surface area contributed by atoms with Crippen molar-refractivity contribution in [2.24, 2.45) is 5.73 Å². The number of nitrogens with zero attached hydrogens (tertiary/aromatic N) is 2. The van der Waals surface area contributed by atoms with Crippen LogP contribution in [0.2, 0.25) is 0 Å². The first-order valence-electron chi connectivity index (χ1n) is 7.20. The van der Waals surface area contributed by atoms with Gasteiger partial charge in [-0.2, -0.15) is 0 Å². The van der Waals surface area contributed by atoms with Crippen molar-refractivity contribution in [3.05, 3.63) is 16.6 Å². The number of hydrogen-bond donors (Lipinski definition) is 1. The number of rotatable bonds is 4. The highest BCUT2D eigenvalue weighted by Crippen LogP contribution is 2.40. The van der Waals surface area contributed by atoms with Gasteiger partial charge in [-0.25, -0.2) is 4.98 Å². The van der Waals surface area contributed by atoms with Crippen LogP contribution < -0.4 is 5.73 Å². The minimum absolute atomic E-state index is 0.254. The molecule has 1 saturated carbocycles. The first kappa shape index (κ1) is 12.6. The second kappa shape index (κ2) is 5.27. The van der Waals surface area contributed by atoms with Crippen LogP contribution in [0.1, 0.15) is 43.5 Å². The molecular weight excluding hydrogens is 242 g/mol. The number of thiazole rings is 1. The summed E-state index contributed by atoms with van der Waals surface area (Å²) in [5.74, 6) is 0. The maximum atomic E-state index is 6.61. The summed E-state index contributed by atoms with van der Waals surface area (Å²) < 4.78 is 0. The summed E-state index contributed by atoms with van der Waals surface area (Å²) in [5, 5.41) is 3.26. The van der Waals surface area contributed by atoms with Gasteiger partial charge in [-0.05, 0) is 38.8 Å². The van der Waals surface area contributed by atoms with Gasteiger partial charge in [-0.1, -0.05) is 12.8 Å². The maximum Gasteiger partial charge on any atom is 0.0940 e. The van der Waals surface area contributed by atoms with E-state index in [1.165, 1.54) is 56.6 Å². The predicted octanol–water partition coefficient (Wildman–Crippen LogP) is 2.42. The van der Waals surface area contributed by atoms with Gasteiger partial charge in [0.05, 0.1) is 5.01 Å². The molecule has 2 aliphatic rings. The van der Waals surface area contributed by atoms with Gasteiger partial charge in [0.15, 0.2) is 0 Å². The lowest BCUT2D eigenvalue weighted by atomic mass is 9.85. The Bertz CT molecular complexity index is 364. The van der Waals surface area contributed by atoms with Gasteiger partial charge in [-0.15, -0.1) is 11.3 Å². The van der Waals surface area contributed by atoms with Crippen molar-refractivity contribution in [1.29, 1.82) is 0 Å².